The molecule has 33 heavy (non-hydrogen) atoms. The number of esters is 1. The van der Waals surface area contributed by atoms with Crippen molar-refractivity contribution in [3.8, 4) is 11.5 Å². The SMILES string of the molecule is CCOc1cc([N+](=O)[O-])c(C(=O)OCC(=O)Nc2ccc3c(c2)CCN3C(C)=O)cc1OC. The number of carbonyl (C=O) groups is 3. The first-order chi connectivity index (χ1) is 15.7. The van der Waals surface area contributed by atoms with Gasteiger partial charge in [-0.1, -0.05) is 0 Å². The lowest BCUT2D eigenvalue weighted by atomic mass is 10.1. The van der Waals surface area contributed by atoms with Crippen LogP contribution in [0.4, 0.5) is 17.1 Å². The Kier molecular flexibility index (Phi) is 7.11. The van der Waals surface area contributed by atoms with Crippen molar-refractivity contribution >= 4 is 34.8 Å². The van der Waals surface area contributed by atoms with Gasteiger partial charge in [-0.25, -0.2) is 4.79 Å². The molecule has 0 saturated carbocycles. The number of benzene rings is 2. The van der Waals surface area contributed by atoms with Crippen LogP contribution < -0.4 is 19.7 Å². The lowest BCUT2D eigenvalue weighted by Gasteiger charge is -2.15. The van der Waals surface area contributed by atoms with E-state index in [1.807, 2.05) is 0 Å². The Morgan fingerprint density at radius 1 is 1.18 bits per heavy atom. The van der Waals surface area contributed by atoms with Crippen LogP contribution in [-0.4, -0.2) is 49.6 Å². The molecule has 11 nitrogen and oxygen atoms in total. The van der Waals surface area contributed by atoms with Crippen molar-refractivity contribution < 1.29 is 33.5 Å². The first kappa shape index (κ1) is 23.5. The average Bonchev–Trinajstić information content (AvgIpc) is 3.21. The molecule has 2 aromatic rings. The Morgan fingerprint density at radius 3 is 2.58 bits per heavy atom. The first-order valence-electron chi connectivity index (χ1n) is 10.1. The lowest BCUT2D eigenvalue weighted by molar-refractivity contribution is -0.385. The molecule has 1 aliphatic heterocycles. The van der Waals surface area contributed by atoms with Crippen molar-refractivity contribution in [2.24, 2.45) is 0 Å². The minimum Gasteiger partial charge on any atom is -0.493 e. The molecule has 2 amide bonds. The highest BCUT2D eigenvalue weighted by molar-refractivity contribution is 5.99. The number of hydrogen-bond donors (Lipinski definition) is 1. The van der Waals surface area contributed by atoms with E-state index < -0.39 is 29.1 Å². The van der Waals surface area contributed by atoms with Gasteiger partial charge in [0, 0.05) is 30.9 Å². The third-order valence-electron chi connectivity index (χ3n) is 4.97. The number of amides is 2. The molecule has 1 heterocycles. The molecular formula is C22H23N3O8. The number of rotatable bonds is 8. The molecule has 0 saturated heterocycles. The number of hydrogen-bond acceptors (Lipinski definition) is 8. The Hall–Kier alpha value is -4.15. The van der Waals surface area contributed by atoms with Crippen LogP contribution in [0.25, 0.3) is 0 Å². The molecule has 3 rings (SSSR count). The zero-order valence-corrected chi connectivity index (χ0v) is 18.4. The van der Waals surface area contributed by atoms with Crippen LogP contribution in [0.1, 0.15) is 29.8 Å². The fourth-order valence-electron chi connectivity index (χ4n) is 3.50. The van der Waals surface area contributed by atoms with Gasteiger partial charge in [0.2, 0.25) is 5.91 Å². The topological polar surface area (TPSA) is 137 Å². The zero-order valence-electron chi connectivity index (χ0n) is 18.4. The van der Waals surface area contributed by atoms with E-state index in [-0.39, 0.29) is 29.6 Å². The molecule has 0 radical (unpaired) electrons. The third-order valence-corrected chi connectivity index (χ3v) is 4.97. The smallest absolute Gasteiger partial charge is 0.345 e. The van der Waals surface area contributed by atoms with Gasteiger partial charge in [-0.15, -0.1) is 0 Å². The number of fused-ring (bicyclic) bond motifs is 1. The van der Waals surface area contributed by atoms with E-state index in [0.717, 1.165) is 23.4 Å². The second-order valence-electron chi connectivity index (χ2n) is 7.10. The Balaban J connectivity index is 1.68. The van der Waals surface area contributed by atoms with Crippen LogP contribution in [0.2, 0.25) is 0 Å². The van der Waals surface area contributed by atoms with Crippen molar-refractivity contribution in [3.05, 3.63) is 51.6 Å². The van der Waals surface area contributed by atoms with Crippen LogP contribution in [0.3, 0.4) is 0 Å². The zero-order chi connectivity index (χ0) is 24.1. The van der Waals surface area contributed by atoms with Gasteiger partial charge in [0.25, 0.3) is 11.6 Å². The van der Waals surface area contributed by atoms with Crippen LogP contribution in [-0.2, 0) is 20.7 Å². The fraction of sp³-hybridized carbons (Fsp3) is 0.318. The number of anilines is 2. The number of nitro benzene ring substituents is 1. The van der Waals surface area contributed by atoms with E-state index in [9.17, 15) is 24.5 Å². The van der Waals surface area contributed by atoms with Gasteiger partial charge in [0.05, 0.1) is 24.7 Å². The maximum Gasteiger partial charge on any atom is 0.345 e. The molecule has 0 aromatic heterocycles. The van der Waals surface area contributed by atoms with Crippen molar-refractivity contribution in [2.45, 2.75) is 20.3 Å². The summed E-state index contributed by atoms with van der Waals surface area (Å²) < 4.78 is 15.4. The highest BCUT2D eigenvalue weighted by atomic mass is 16.6. The van der Waals surface area contributed by atoms with E-state index in [4.69, 9.17) is 14.2 Å². The molecule has 0 unspecified atom stereocenters. The van der Waals surface area contributed by atoms with E-state index in [2.05, 4.69) is 5.32 Å². The minimum atomic E-state index is -1.05. The maximum absolute atomic E-state index is 12.5. The molecule has 0 bridgehead atoms. The van der Waals surface area contributed by atoms with E-state index >= 15 is 0 Å². The highest BCUT2D eigenvalue weighted by Gasteiger charge is 2.27. The van der Waals surface area contributed by atoms with Gasteiger partial charge in [-0.05, 0) is 37.1 Å². The summed E-state index contributed by atoms with van der Waals surface area (Å²) in [5.41, 5.74) is 1.29. The van der Waals surface area contributed by atoms with Gasteiger partial charge in [-0.2, -0.15) is 0 Å². The Labute approximate surface area is 189 Å². The summed E-state index contributed by atoms with van der Waals surface area (Å²) >= 11 is 0. The number of nitrogens with one attached hydrogen (secondary N) is 1. The summed E-state index contributed by atoms with van der Waals surface area (Å²) in [7, 11) is 1.33. The van der Waals surface area contributed by atoms with Gasteiger partial charge in [0.15, 0.2) is 18.1 Å². The quantitative estimate of drug-likeness (QED) is 0.363. The highest BCUT2D eigenvalue weighted by Crippen LogP contribution is 2.35. The molecule has 0 atom stereocenters. The summed E-state index contributed by atoms with van der Waals surface area (Å²) in [5, 5.41) is 14.0. The number of carbonyl (C=O) groups excluding carboxylic acids is 3. The Bertz CT molecular complexity index is 1120. The van der Waals surface area contributed by atoms with Crippen molar-refractivity contribution in [2.75, 3.05) is 37.1 Å². The maximum atomic E-state index is 12.5. The molecule has 0 aliphatic carbocycles. The predicted molar refractivity (Wildman–Crippen MR) is 118 cm³/mol. The van der Waals surface area contributed by atoms with E-state index in [1.165, 1.54) is 14.0 Å². The first-order valence-corrected chi connectivity index (χ1v) is 10.1. The summed E-state index contributed by atoms with van der Waals surface area (Å²) in [6.07, 6.45) is 0.664. The molecule has 174 valence electrons. The standard InChI is InChI=1S/C22H23N3O8/c1-4-32-20-11-18(25(29)30)16(10-19(20)31-3)22(28)33-12-21(27)23-15-5-6-17-14(9-15)7-8-24(17)13(2)26/h5-6,9-11H,4,7-8,12H2,1-3H3,(H,23,27). The van der Waals surface area contributed by atoms with Crippen LogP contribution in [0, 0.1) is 10.1 Å². The van der Waals surface area contributed by atoms with Gasteiger partial charge in [0.1, 0.15) is 5.56 Å². The van der Waals surface area contributed by atoms with Crippen molar-refractivity contribution in [1.82, 2.24) is 0 Å². The van der Waals surface area contributed by atoms with Gasteiger partial charge in [-0.3, -0.25) is 19.7 Å². The van der Waals surface area contributed by atoms with Crippen molar-refractivity contribution in [1.29, 1.82) is 0 Å². The normalized spacial score (nSPS) is 12.0. The molecule has 1 N–H and O–H groups in total. The predicted octanol–water partition coefficient (Wildman–Crippen LogP) is 2.71. The Morgan fingerprint density at radius 2 is 1.94 bits per heavy atom. The van der Waals surface area contributed by atoms with Crippen LogP contribution in [0.15, 0.2) is 30.3 Å². The number of nitro groups is 1. The van der Waals surface area contributed by atoms with Crippen LogP contribution >= 0.6 is 0 Å². The second-order valence-corrected chi connectivity index (χ2v) is 7.10. The molecule has 1 aliphatic rings. The molecule has 0 spiro atoms. The number of nitrogens with zero attached hydrogens (tertiary/aromatic N) is 2. The summed E-state index contributed by atoms with van der Waals surface area (Å²) in [4.78, 5) is 48.7. The van der Waals surface area contributed by atoms with Crippen LogP contribution in [0.5, 0.6) is 11.5 Å². The number of ether oxygens (including phenoxy) is 3. The lowest BCUT2D eigenvalue weighted by Crippen LogP contribution is -2.25. The average molecular weight is 457 g/mol. The molecular weight excluding hydrogens is 434 g/mol. The molecule has 0 fully saturated rings. The van der Waals surface area contributed by atoms with E-state index in [0.29, 0.717) is 18.7 Å². The minimum absolute atomic E-state index is 0.0579. The third kappa shape index (κ3) is 5.20. The summed E-state index contributed by atoms with van der Waals surface area (Å²) in [5.74, 6) is -1.50. The summed E-state index contributed by atoms with van der Waals surface area (Å²) in [6.45, 7) is 3.36. The summed E-state index contributed by atoms with van der Waals surface area (Å²) in [6, 6.07) is 7.35. The monoisotopic (exact) mass is 457 g/mol. The molecule has 11 heteroatoms. The largest absolute Gasteiger partial charge is 0.493 e. The van der Waals surface area contributed by atoms with Gasteiger partial charge < -0.3 is 24.4 Å². The fourth-order valence-corrected chi connectivity index (χ4v) is 3.50. The second kappa shape index (κ2) is 9.98. The molecule has 2 aromatic carbocycles. The van der Waals surface area contributed by atoms with Gasteiger partial charge >= 0.3 is 5.97 Å². The van der Waals surface area contributed by atoms with E-state index in [1.54, 1.807) is 30.0 Å². The number of methoxy groups -OCH3 is 1. The van der Waals surface area contributed by atoms with Crippen molar-refractivity contribution in [3.63, 3.8) is 0 Å².